The maximum Gasteiger partial charge on any atom is 0.168 e. The molecule has 1 aromatic heterocycles. The Kier molecular flexibility index (Phi) is 4.19. The summed E-state index contributed by atoms with van der Waals surface area (Å²) in [5, 5.41) is 15.2. The molecule has 1 saturated carbocycles. The quantitative estimate of drug-likeness (QED) is 0.770. The van der Waals surface area contributed by atoms with Crippen LogP contribution in [0.5, 0.6) is 0 Å². The lowest BCUT2D eigenvalue weighted by atomic mass is 9.99. The molecule has 0 aliphatic heterocycles. The fourth-order valence-electron chi connectivity index (χ4n) is 2.47. The molecule has 6 heteroatoms. The number of aromatic nitrogens is 1. The highest BCUT2D eigenvalue weighted by Crippen LogP contribution is 2.33. The number of nitrogens with zero attached hydrogens (tertiary/aromatic N) is 1. The van der Waals surface area contributed by atoms with Gasteiger partial charge in [0.1, 0.15) is 0 Å². The molecule has 0 saturated heterocycles. The van der Waals surface area contributed by atoms with E-state index < -0.39 is 17.2 Å². The van der Waals surface area contributed by atoms with E-state index in [1.807, 2.05) is 6.92 Å². The van der Waals surface area contributed by atoms with Gasteiger partial charge in [0.25, 0.3) is 0 Å². The molecule has 0 unspecified atom stereocenters. The Morgan fingerprint density at radius 3 is 2.47 bits per heavy atom. The summed E-state index contributed by atoms with van der Waals surface area (Å²) in [6.45, 7) is 2.23. The van der Waals surface area contributed by atoms with E-state index in [1.165, 1.54) is 0 Å². The lowest BCUT2D eigenvalue weighted by Gasteiger charge is -2.29. The lowest BCUT2D eigenvalue weighted by molar-refractivity contribution is 0.213. The molecule has 0 aromatic carbocycles. The molecule has 1 fully saturated rings. The van der Waals surface area contributed by atoms with Gasteiger partial charge in [-0.2, -0.15) is 0 Å². The third-order valence-electron chi connectivity index (χ3n) is 3.52. The summed E-state index contributed by atoms with van der Waals surface area (Å²) in [6, 6.07) is 0.813. The molecule has 0 spiro atoms. The number of aliphatic hydroxyl groups is 1. The van der Waals surface area contributed by atoms with E-state index in [1.54, 1.807) is 0 Å². The Hall–Kier alpha value is -1.43. The Morgan fingerprint density at radius 1 is 1.26 bits per heavy atom. The summed E-state index contributed by atoms with van der Waals surface area (Å²) < 4.78 is 27.2. The number of anilines is 2. The molecule has 0 radical (unpaired) electrons. The molecule has 0 amide bonds. The van der Waals surface area contributed by atoms with Crippen LogP contribution in [0.2, 0.25) is 0 Å². The van der Waals surface area contributed by atoms with Crippen LogP contribution in [0.25, 0.3) is 0 Å². The molecular weight excluding hydrogens is 252 g/mol. The predicted octanol–water partition coefficient (Wildman–Crippen LogP) is 2.51. The Balaban J connectivity index is 2.26. The van der Waals surface area contributed by atoms with E-state index in [-0.39, 0.29) is 18.2 Å². The summed E-state index contributed by atoms with van der Waals surface area (Å²) in [4.78, 5) is 3.93. The maximum absolute atomic E-state index is 13.8. The fourth-order valence-corrected chi connectivity index (χ4v) is 2.47. The molecular formula is C13H19F2N3O. The molecule has 0 atom stereocenters. The third-order valence-corrected chi connectivity index (χ3v) is 3.52. The van der Waals surface area contributed by atoms with Crippen LogP contribution in [0.3, 0.4) is 0 Å². The van der Waals surface area contributed by atoms with Gasteiger partial charge in [-0.05, 0) is 19.8 Å². The van der Waals surface area contributed by atoms with Gasteiger partial charge in [-0.1, -0.05) is 12.8 Å². The van der Waals surface area contributed by atoms with E-state index in [0.29, 0.717) is 6.54 Å². The van der Waals surface area contributed by atoms with Crippen molar-refractivity contribution in [1.82, 2.24) is 4.98 Å². The SMILES string of the molecule is CCNc1nc(NC2(CO)CCCC2)c(F)cc1F. The van der Waals surface area contributed by atoms with Gasteiger partial charge >= 0.3 is 0 Å². The van der Waals surface area contributed by atoms with Crippen molar-refractivity contribution in [2.45, 2.75) is 38.1 Å². The van der Waals surface area contributed by atoms with Crippen LogP contribution >= 0.6 is 0 Å². The van der Waals surface area contributed by atoms with Crippen LogP contribution < -0.4 is 10.6 Å². The first-order valence-corrected chi connectivity index (χ1v) is 6.59. The summed E-state index contributed by atoms with van der Waals surface area (Å²) in [7, 11) is 0. The van der Waals surface area contributed by atoms with E-state index in [0.717, 1.165) is 31.7 Å². The molecule has 1 aliphatic rings. The molecule has 19 heavy (non-hydrogen) atoms. The number of pyridine rings is 1. The smallest absolute Gasteiger partial charge is 0.168 e. The average Bonchev–Trinajstić information content (AvgIpc) is 2.85. The number of hydrogen-bond acceptors (Lipinski definition) is 4. The molecule has 106 valence electrons. The summed E-state index contributed by atoms with van der Waals surface area (Å²) in [5.41, 5.74) is -0.533. The number of nitrogens with one attached hydrogen (secondary N) is 2. The topological polar surface area (TPSA) is 57.2 Å². The second-order valence-corrected chi connectivity index (χ2v) is 4.95. The molecule has 1 heterocycles. The molecule has 1 aromatic rings. The first-order chi connectivity index (χ1) is 9.10. The van der Waals surface area contributed by atoms with Gasteiger partial charge in [0.15, 0.2) is 23.3 Å². The van der Waals surface area contributed by atoms with Crippen LogP contribution in [-0.4, -0.2) is 28.8 Å². The fraction of sp³-hybridized carbons (Fsp3) is 0.615. The van der Waals surface area contributed by atoms with Gasteiger partial charge in [0.2, 0.25) is 0 Å². The van der Waals surface area contributed by atoms with Crippen molar-refractivity contribution in [3.8, 4) is 0 Å². The summed E-state index contributed by atoms with van der Waals surface area (Å²) in [6.07, 6.45) is 3.49. The van der Waals surface area contributed by atoms with Gasteiger partial charge in [0.05, 0.1) is 12.1 Å². The zero-order valence-electron chi connectivity index (χ0n) is 11.0. The highest BCUT2D eigenvalue weighted by molar-refractivity contribution is 5.49. The molecule has 4 nitrogen and oxygen atoms in total. The van der Waals surface area contributed by atoms with Crippen LogP contribution in [0, 0.1) is 11.6 Å². The lowest BCUT2D eigenvalue weighted by Crippen LogP contribution is -2.39. The Bertz CT molecular complexity index is 448. The van der Waals surface area contributed by atoms with Gasteiger partial charge < -0.3 is 15.7 Å². The monoisotopic (exact) mass is 271 g/mol. The van der Waals surface area contributed by atoms with Crippen molar-refractivity contribution in [3.63, 3.8) is 0 Å². The van der Waals surface area contributed by atoms with Gasteiger partial charge in [0, 0.05) is 12.6 Å². The normalized spacial score (nSPS) is 17.5. The van der Waals surface area contributed by atoms with Crippen LogP contribution in [0.1, 0.15) is 32.6 Å². The van der Waals surface area contributed by atoms with Gasteiger partial charge in [-0.3, -0.25) is 0 Å². The van der Waals surface area contributed by atoms with Crippen molar-refractivity contribution < 1.29 is 13.9 Å². The average molecular weight is 271 g/mol. The first kappa shape index (κ1) is 14.0. The number of aliphatic hydroxyl groups excluding tert-OH is 1. The van der Waals surface area contributed by atoms with Crippen molar-refractivity contribution in [2.75, 3.05) is 23.8 Å². The second kappa shape index (κ2) is 5.69. The van der Waals surface area contributed by atoms with E-state index in [9.17, 15) is 13.9 Å². The predicted molar refractivity (Wildman–Crippen MR) is 70.2 cm³/mol. The van der Waals surface area contributed by atoms with Crippen LogP contribution in [0.15, 0.2) is 6.07 Å². The highest BCUT2D eigenvalue weighted by atomic mass is 19.1. The maximum atomic E-state index is 13.8. The van der Waals surface area contributed by atoms with Crippen molar-refractivity contribution >= 4 is 11.6 Å². The third kappa shape index (κ3) is 2.94. The Labute approximate surface area is 111 Å². The van der Waals surface area contributed by atoms with Crippen molar-refractivity contribution in [3.05, 3.63) is 17.7 Å². The van der Waals surface area contributed by atoms with Gasteiger partial charge in [-0.15, -0.1) is 0 Å². The van der Waals surface area contributed by atoms with Gasteiger partial charge in [-0.25, -0.2) is 13.8 Å². The Morgan fingerprint density at radius 2 is 1.89 bits per heavy atom. The minimum Gasteiger partial charge on any atom is -0.394 e. The molecule has 3 N–H and O–H groups in total. The minimum atomic E-state index is -0.737. The van der Waals surface area contributed by atoms with E-state index in [4.69, 9.17) is 0 Å². The zero-order valence-corrected chi connectivity index (χ0v) is 11.0. The van der Waals surface area contributed by atoms with Crippen molar-refractivity contribution in [1.29, 1.82) is 0 Å². The summed E-state index contributed by atoms with van der Waals surface area (Å²) >= 11 is 0. The molecule has 2 rings (SSSR count). The van der Waals surface area contributed by atoms with Crippen LogP contribution in [-0.2, 0) is 0 Å². The highest BCUT2D eigenvalue weighted by Gasteiger charge is 2.34. The van der Waals surface area contributed by atoms with E-state index in [2.05, 4.69) is 15.6 Å². The largest absolute Gasteiger partial charge is 0.394 e. The van der Waals surface area contributed by atoms with Crippen molar-refractivity contribution in [2.24, 2.45) is 0 Å². The molecule has 1 aliphatic carbocycles. The van der Waals surface area contributed by atoms with E-state index >= 15 is 0 Å². The standard InChI is InChI=1S/C13H19F2N3O/c1-2-16-11-9(14)7-10(15)12(17-11)18-13(8-19)5-3-4-6-13/h7,19H,2-6,8H2,1H3,(H2,16,17,18). The number of halogens is 2. The summed E-state index contributed by atoms with van der Waals surface area (Å²) in [5.74, 6) is -1.43. The number of hydrogen-bond donors (Lipinski definition) is 3. The van der Waals surface area contributed by atoms with Crippen LogP contribution in [0.4, 0.5) is 20.4 Å². The minimum absolute atomic E-state index is 0.00620. The first-order valence-electron chi connectivity index (χ1n) is 6.59. The second-order valence-electron chi connectivity index (χ2n) is 4.95. The molecule has 0 bridgehead atoms. The number of rotatable bonds is 5. The zero-order chi connectivity index (χ0) is 13.9.